The number of aromatic nitrogens is 1. The Morgan fingerprint density at radius 3 is 2.54 bits per heavy atom. The van der Waals surface area contributed by atoms with E-state index in [4.69, 9.17) is 9.47 Å². The minimum atomic E-state index is -0.397. The number of pyridine rings is 1. The second-order valence-corrected chi connectivity index (χ2v) is 5.82. The number of benzene rings is 2. The maximum Gasteiger partial charge on any atom is 0.266 e. The van der Waals surface area contributed by atoms with Crippen LogP contribution in [-0.4, -0.2) is 12.1 Å². The van der Waals surface area contributed by atoms with Gasteiger partial charge in [0, 0.05) is 11.3 Å². The zero-order valence-corrected chi connectivity index (χ0v) is 14.6. The van der Waals surface area contributed by atoms with E-state index in [0.717, 1.165) is 11.1 Å². The van der Waals surface area contributed by atoms with Gasteiger partial charge in [-0.25, -0.2) is 0 Å². The van der Waals surface area contributed by atoms with Crippen LogP contribution in [-0.2, 0) is 6.61 Å². The number of ether oxygens (including phenoxy) is 2. The number of nitriles is 1. The minimum absolute atomic E-state index is 0.0793. The SMILES string of the molecule is COc1cc(-c2cc(C)[nH]c(=O)c2C#N)ccc1OCc1ccccc1. The molecule has 130 valence electrons. The number of hydrogen-bond donors (Lipinski definition) is 1. The van der Waals surface area contributed by atoms with E-state index in [0.29, 0.717) is 29.4 Å². The van der Waals surface area contributed by atoms with Crippen molar-refractivity contribution >= 4 is 0 Å². The molecule has 5 heteroatoms. The van der Waals surface area contributed by atoms with Crippen molar-refractivity contribution in [1.29, 1.82) is 5.26 Å². The summed E-state index contributed by atoms with van der Waals surface area (Å²) < 4.78 is 11.3. The molecule has 0 unspecified atom stereocenters. The van der Waals surface area contributed by atoms with Crippen LogP contribution in [0.25, 0.3) is 11.1 Å². The molecule has 26 heavy (non-hydrogen) atoms. The van der Waals surface area contributed by atoms with Gasteiger partial charge >= 0.3 is 0 Å². The van der Waals surface area contributed by atoms with Crippen LogP contribution in [0.5, 0.6) is 11.5 Å². The molecule has 3 aromatic rings. The summed E-state index contributed by atoms with van der Waals surface area (Å²) in [5.41, 5.74) is 2.71. The zero-order valence-electron chi connectivity index (χ0n) is 14.6. The Labute approximate surface area is 151 Å². The molecule has 0 saturated heterocycles. The van der Waals surface area contributed by atoms with Gasteiger partial charge in [-0.15, -0.1) is 0 Å². The first-order valence-electron chi connectivity index (χ1n) is 8.11. The highest BCUT2D eigenvalue weighted by Gasteiger charge is 2.13. The number of aromatic amines is 1. The topological polar surface area (TPSA) is 75.1 Å². The largest absolute Gasteiger partial charge is 0.493 e. The van der Waals surface area contributed by atoms with E-state index in [1.54, 1.807) is 32.2 Å². The maximum absolute atomic E-state index is 12.0. The molecule has 1 N–H and O–H groups in total. The van der Waals surface area contributed by atoms with Crippen molar-refractivity contribution in [2.75, 3.05) is 7.11 Å². The third-order valence-electron chi connectivity index (χ3n) is 3.99. The number of nitrogens with one attached hydrogen (secondary N) is 1. The first-order chi connectivity index (χ1) is 12.6. The molecule has 0 radical (unpaired) electrons. The Kier molecular flexibility index (Phi) is 5.04. The predicted octanol–water partition coefficient (Wildman–Crippen LogP) is 3.81. The van der Waals surface area contributed by atoms with Gasteiger partial charge in [0.05, 0.1) is 7.11 Å². The molecule has 0 aliphatic carbocycles. The lowest BCUT2D eigenvalue weighted by molar-refractivity contribution is 0.284. The summed E-state index contributed by atoms with van der Waals surface area (Å²) in [5.74, 6) is 1.14. The van der Waals surface area contributed by atoms with Crippen molar-refractivity contribution in [3.8, 4) is 28.7 Å². The zero-order chi connectivity index (χ0) is 18.5. The number of nitrogens with zero attached hydrogens (tertiary/aromatic N) is 1. The Hall–Kier alpha value is -3.52. The third kappa shape index (κ3) is 3.60. The molecule has 0 aliphatic heterocycles. The molecule has 2 aromatic carbocycles. The summed E-state index contributed by atoms with van der Waals surface area (Å²) in [6.45, 7) is 2.20. The number of H-pyrrole nitrogens is 1. The average Bonchev–Trinajstić information content (AvgIpc) is 2.66. The van der Waals surface area contributed by atoms with Crippen molar-refractivity contribution in [2.45, 2.75) is 13.5 Å². The van der Waals surface area contributed by atoms with E-state index in [-0.39, 0.29) is 5.56 Å². The molecule has 5 nitrogen and oxygen atoms in total. The molecule has 1 heterocycles. The monoisotopic (exact) mass is 346 g/mol. The van der Waals surface area contributed by atoms with Crippen LogP contribution in [0, 0.1) is 18.3 Å². The van der Waals surface area contributed by atoms with Gasteiger partial charge in [0.15, 0.2) is 11.5 Å². The Morgan fingerprint density at radius 2 is 1.85 bits per heavy atom. The molecule has 0 amide bonds. The van der Waals surface area contributed by atoms with Crippen molar-refractivity contribution < 1.29 is 9.47 Å². The average molecular weight is 346 g/mol. The molecule has 0 atom stereocenters. The maximum atomic E-state index is 12.0. The Morgan fingerprint density at radius 1 is 1.08 bits per heavy atom. The molecular weight excluding hydrogens is 328 g/mol. The summed E-state index contributed by atoms with van der Waals surface area (Å²) in [5, 5.41) is 9.32. The van der Waals surface area contributed by atoms with Gasteiger partial charge in [0.25, 0.3) is 5.56 Å². The van der Waals surface area contributed by atoms with Crippen LogP contribution >= 0.6 is 0 Å². The van der Waals surface area contributed by atoms with Crippen LogP contribution < -0.4 is 15.0 Å². The van der Waals surface area contributed by atoms with Crippen LogP contribution in [0.3, 0.4) is 0 Å². The van der Waals surface area contributed by atoms with Crippen LogP contribution in [0.4, 0.5) is 0 Å². The van der Waals surface area contributed by atoms with E-state index in [9.17, 15) is 10.1 Å². The second-order valence-electron chi connectivity index (χ2n) is 5.82. The fraction of sp³-hybridized carbons (Fsp3) is 0.143. The smallest absolute Gasteiger partial charge is 0.266 e. The van der Waals surface area contributed by atoms with Crippen molar-refractivity contribution in [3.63, 3.8) is 0 Å². The van der Waals surface area contributed by atoms with Crippen LogP contribution in [0.2, 0.25) is 0 Å². The van der Waals surface area contributed by atoms with E-state index in [1.807, 2.05) is 42.5 Å². The highest BCUT2D eigenvalue weighted by Crippen LogP contribution is 2.33. The first kappa shape index (κ1) is 17.3. The van der Waals surface area contributed by atoms with Crippen molar-refractivity contribution in [1.82, 2.24) is 4.98 Å². The summed E-state index contributed by atoms with van der Waals surface area (Å²) in [7, 11) is 1.56. The van der Waals surface area contributed by atoms with Gasteiger partial charge in [-0.2, -0.15) is 5.26 Å². The van der Waals surface area contributed by atoms with Crippen molar-refractivity contribution in [3.05, 3.63) is 81.8 Å². The van der Waals surface area contributed by atoms with Gasteiger partial charge in [0.1, 0.15) is 18.2 Å². The molecule has 0 aliphatic rings. The molecule has 0 fully saturated rings. The Bertz CT molecular complexity index is 1020. The van der Waals surface area contributed by atoms with Crippen LogP contribution in [0.1, 0.15) is 16.8 Å². The molecule has 0 saturated carbocycles. The van der Waals surface area contributed by atoms with Gasteiger partial charge in [-0.3, -0.25) is 4.79 Å². The number of hydrogen-bond acceptors (Lipinski definition) is 4. The molecule has 1 aromatic heterocycles. The Balaban J connectivity index is 1.95. The number of aryl methyl sites for hydroxylation is 1. The highest BCUT2D eigenvalue weighted by molar-refractivity contribution is 5.72. The van der Waals surface area contributed by atoms with E-state index in [2.05, 4.69) is 4.98 Å². The first-order valence-corrected chi connectivity index (χ1v) is 8.11. The normalized spacial score (nSPS) is 10.2. The quantitative estimate of drug-likeness (QED) is 0.762. The predicted molar refractivity (Wildman–Crippen MR) is 99.3 cm³/mol. The highest BCUT2D eigenvalue weighted by atomic mass is 16.5. The molecular formula is C21H18N2O3. The van der Waals surface area contributed by atoms with E-state index >= 15 is 0 Å². The lowest BCUT2D eigenvalue weighted by Crippen LogP contribution is -2.12. The molecule has 3 rings (SSSR count). The standard InChI is InChI=1S/C21H18N2O3/c1-14-10-17(18(12-22)21(24)23-14)16-8-9-19(20(11-16)25-2)26-13-15-6-4-3-5-7-15/h3-11H,13H2,1-2H3,(H,23,24). The fourth-order valence-electron chi connectivity index (χ4n) is 2.72. The van der Waals surface area contributed by atoms with Crippen molar-refractivity contribution in [2.24, 2.45) is 0 Å². The third-order valence-corrected chi connectivity index (χ3v) is 3.99. The summed E-state index contributed by atoms with van der Waals surface area (Å²) in [6.07, 6.45) is 0. The summed E-state index contributed by atoms with van der Waals surface area (Å²) in [6, 6.07) is 19.0. The summed E-state index contributed by atoms with van der Waals surface area (Å²) >= 11 is 0. The molecule has 0 bridgehead atoms. The summed E-state index contributed by atoms with van der Waals surface area (Å²) in [4.78, 5) is 14.7. The lowest BCUT2D eigenvalue weighted by Gasteiger charge is -2.13. The van der Waals surface area contributed by atoms with Crippen LogP contribution in [0.15, 0.2) is 59.4 Å². The molecule has 0 spiro atoms. The minimum Gasteiger partial charge on any atom is -0.493 e. The van der Waals surface area contributed by atoms with Gasteiger partial charge < -0.3 is 14.5 Å². The number of rotatable bonds is 5. The number of methoxy groups -OCH3 is 1. The van der Waals surface area contributed by atoms with E-state index in [1.165, 1.54) is 0 Å². The van der Waals surface area contributed by atoms with Gasteiger partial charge in [-0.05, 0) is 36.2 Å². The lowest BCUT2D eigenvalue weighted by atomic mass is 10.0. The van der Waals surface area contributed by atoms with Gasteiger partial charge in [-0.1, -0.05) is 36.4 Å². The second kappa shape index (κ2) is 7.58. The fourth-order valence-corrected chi connectivity index (χ4v) is 2.72. The van der Waals surface area contributed by atoms with Gasteiger partial charge in [0.2, 0.25) is 0 Å². The van der Waals surface area contributed by atoms with E-state index < -0.39 is 5.56 Å².